The van der Waals surface area contributed by atoms with Crippen molar-refractivity contribution >= 4 is 60.1 Å². The summed E-state index contributed by atoms with van der Waals surface area (Å²) >= 11 is 8.72. The Hall–Kier alpha value is -1.28. The lowest BCUT2D eigenvalue weighted by Gasteiger charge is -2.04. The Morgan fingerprint density at radius 3 is 2.59 bits per heavy atom. The molecule has 114 valence electrons. The fourth-order valence-electron chi connectivity index (χ4n) is 1.86. The van der Waals surface area contributed by atoms with Gasteiger partial charge in [0.2, 0.25) is 0 Å². The molecule has 0 fully saturated rings. The summed E-state index contributed by atoms with van der Waals surface area (Å²) in [4.78, 5) is 5.58. The fraction of sp³-hybridized carbons (Fsp3) is 0.0714. The van der Waals surface area contributed by atoms with E-state index in [1.165, 1.54) is 23.5 Å². The van der Waals surface area contributed by atoms with E-state index < -0.39 is 10.0 Å². The minimum atomic E-state index is -3.66. The monoisotopic (exact) mass is 370 g/mol. The van der Waals surface area contributed by atoms with E-state index in [-0.39, 0.29) is 4.90 Å². The van der Waals surface area contributed by atoms with Crippen LogP contribution in [0.4, 0.5) is 5.13 Å². The van der Waals surface area contributed by atoms with E-state index in [1.54, 1.807) is 23.9 Å². The maximum atomic E-state index is 12.3. The Morgan fingerprint density at radius 1 is 1.18 bits per heavy atom. The van der Waals surface area contributed by atoms with Gasteiger partial charge in [-0.25, -0.2) is 13.4 Å². The number of sulfonamides is 1. The summed E-state index contributed by atoms with van der Waals surface area (Å²) in [5, 5.41) is 0.840. The molecule has 22 heavy (non-hydrogen) atoms. The lowest BCUT2D eigenvalue weighted by atomic mass is 10.3. The van der Waals surface area contributed by atoms with Gasteiger partial charge in [-0.2, -0.15) is 0 Å². The molecule has 0 aliphatic heterocycles. The summed E-state index contributed by atoms with van der Waals surface area (Å²) < 4.78 is 28.1. The summed E-state index contributed by atoms with van der Waals surface area (Å²) in [5.74, 6) is 0. The number of nitrogens with zero attached hydrogens (tertiary/aromatic N) is 1. The van der Waals surface area contributed by atoms with Crippen molar-refractivity contribution in [1.29, 1.82) is 0 Å². The Morgan fingerprint density at radius 2 is 1.91 bits per heavy atom. The number of benzene rings is 2. The number of anilines is 1. The molecule has 0 amide bonds. The van der Waals surface area contributed by atoms with E-state index in [9.17, 15) is 8.42 Å². The fourth-order valence-corrected chi connectivity index (χ4v) is 4.64. The van der Waals surface area contributed by atoms with Crippen LogP contribution in [-0.4, -0.2) is 19.7 Å². The molecule has 4 nitrogen and oxygen atoms in total. The molecule has 0 unspecified atom stereocenters. The summed E-state index contributed by atoms with van der Waals surface area (Å²) in [7, 11) is -3.66. The van der Waals surface area contributed by atoms with Gasteiger partial charge in [0.25, 0.3) is 10.0 Å². The summed E-state index contributed by atoms with van der Waals surface area (Å²) in [6, 6.07) is 11.9. The average Bonchev–Trinajstić information content (AvgIpc) is 2.87. The zero-order chi connectivity index (χ0) is 15.7. The number of rotatable bonds is 4. The molecule has 0 aliphatic carbocycles. The van der Waals surface area contributed by atoms with Crippen LogP contribution in [0.3, 0.4) is 0 Å². The number of hydrogen-bond donors (Lipinski definition) is 1. The van der Waals surface area contributed by atoms with Gasteiger partial charge in [0.05, 0.1) is 15.1 Å². The molecule has 1 heterocycles. The zero-order valence-electron chi connectivity index (χ0n) is 11.4. The lowest BCUT2D eigenvalue weighted by Crippen LogP contribution is -2.12. The first-order valence-electron chi connectivity index (χ1n) is 6.21. The highest BCUT2D eigenvalue weighted by Gasteiger charge is 2.16. The summed E-state index contributed by atoms with van der Waals surface area (Å²) in [6.07, 6.45) is 1.99. The van der Waals surface area contributed by atoms with Crippen LogP contribution >= 0.6 is 34.7 Å². The molecule has 0 saturated carbocycles. The molecule has 0 spiro atoms. The maximum absolute atomic E-state index is 12.3. The van der Waals surface area contributed by atoms with Crippen molar-refractivity contribution in [2.75, 3.05) is 11.0 Å². The Kier molecular flexibility index (Phi) is 4.31. The van der Waals surface area contributed by atoms with Gasteiger partial charge in [0.15, 0.2) is 5.13 Å². The molecule has 1 N–H and O–H groups in total. The molecular weight excluding hydrogens is 360 g/mol. The zero-order valence-corrected chi connectivity index (χ0v) is 14.6. The third-order valence-corrected chi connectivity index (χ3v) is 6.34. The first kappa shape index (κ1) is 15.6. The lowest BCUT2D eigenvalue weighted by molar-refractivity contribution is 0.601. The first-order valence-corrected chi connectivity index (χ1v) is 10.1. The summed E-state index contributed by atoms with van der Waals surface area (Å²) in [6.45, 7) is 0. The maximum Gasteiger partial charge on any atom is 0.263 e. The van der Waals surface area contributed by atoms with Crippen LogP contribution < -0.4 is 4.72 Å². The second kappa shape index (κ2) is 6.08. The van der Waals surface area contributed by atoms with Gasteiger partial charge in [-0.3, -0.25) is 4.72 Å². The number of hydrogen-bond acceptors (Lipinski definition) is 5. The van der Waals surface area contributed by atoms with E-state index in [0.717, 1.165) is 15.1 Å². The second-order valence-electron chi connectivity index (χ2n) is 4.41. The van der Waals surface area contributed by atoms with E-state index in [1.807, 2.05) is 24.5 Å². The molecule has 0 aliphatic rings. The van der Waals surface area contributed by atoms with Gasteiger partial charge in [-0.15, -0.1) is 11.8 Å². The largest absolute Gasteiger partial charge is 0.263 e. The Labute approximate surface area is 141 Å². The SMILES string of the molecule is CSc1ccc2nc(NS(=O)(=O)c3ccc(Cl)cc3)sc2c1. The standard InChI is InChI=1S/C14H11ClN2O2S3/c1-20-10-4-7-12-13(8-10)21-14(16-12)17-22(18,19)11-5-2-9(15)3-6-11/h2-8H,1H3,(H,16,17). The third kappa shape index (κ3) is 3.22. The summed E-state index contributed by atoms with van der Waals surface area (Å²) in [5.41, 5.74) is 0.775. The predicted molar refractivity (Wildman–Crippen MR) is 93.7 cm³/mol. The van der Waals surface area contributed by atoms with E-state index in [2.05, 4.69) is 9.71 Å². The number of thiazole rings is 1. The molecule has 1 aromatic heterocycles. The van der Waals surface area contributed by atoms with Crippen molar-refractivity contribution in [3.63, 3.8) is 0 Å². The van der Waals surface area contributed by atoms with Crippen LogP contribution in [0, 0.1) is 0 Å². The number of aromatic nitrogens is 1. The molecule has 3 aromatic rings. The van der Waals surface area contributed by atoms with Gasteiger partial charge in [0, 0.05) is 9.92 Å². The minimum absolute atomic E-state index is 0.154. The van der Waals surface area contributed by atoms with Crippen molar-refractivity contribution in [3.8, 4) is 0 Å². The molecule has 0 atom stereocenters. The molecule has 8 heteroatoms. The molecule has 2 aromatic carbocycles. The van der Waals surface area contributed by atoms with Crippen molar-refractivity contribution in [2.45, 2.75) is 9.79 Å². The predicted octanol–water partition coefficient (Wildman–Crippen LogP) is 4.47. The minimum Gasteiger partial charge on any atom is -0.255 e. The number of thioether (sulfide) groups is 1. The molecule has 3 rings (SSSR count). The Balaban J connectivity index is 1.93. The van der Waals surface area contributed by atoms with Crippen LogP contribution in [0.15, 0.2) is 52.3 Å². The van der Waals surface area contributed by atoms with Crippen molar-refractivity contribution in [2.24, 2.45) is 0 Å². The molecule has 0 radical (unpaired) electrons. The van der Waals surface area contributed by atoms with Gasteiger partial charge in [-0.05, 0) is 48.7 Å². The van der Waals surface area contributed by atoms with Gasteiger partial charge in [0.1, 0.15) is 0 Å². The quantitative estimate of drug-likeness (QED) is 0.688. The topological polar surface area (TPSA) is 59.1 Å². The molecular formula is C14H11ClN2O2S3. The first-order chi connectivity index (χ1) is 10.5. The van der Waals surface area contributed by atoms with Crippen LogP contribution in [-0.2, 0) is 10.0 Å². The van der Waals surface area contributed by atoms with Gasteiger partial charge in [-0.1, -0.05) is 22.9 Å². The van der Waals surface area contributed by atoms with Gasteiger partial charge >= 0.3 is 0 Å². The third-order valence-electron chi connectivity index (χ3n) is 2.94. The highest BCUT2D eigenvalue weighted by atomic mass is 35.5. The van der Waals surface area contributed by atoms with E-state index >= 15 is 0 Å². The van der Waals surface area contributed by atoms with Crippen LogP contribution in [0.5, 0.6) is 0 Å². The number of fused-ring (bicyclic) bond motifs is 1. The van der Waals surface area contributed by atoms with Crippen LogP contribution in [0.1, 0.15) is 0 Å². The van der Waals surface area contributed by atoms with E-state index in [0.29, 0.717) is 10.2 Å². The Bertz CT molecular complexity index is 921. The molecule has 0 saturated heterocycles. The van der Waals surface area contributed by atoms with Crippen LogP contribution in [0.25, 0.3) is 10.2 Å². The highest BCUT2D eigenvalue weighted by molar-refractivity contribution is 7.98. The van der Waals surface area contributed by atoms with Crippen molar-refractivity contribution < 1.29 is 8.42 Å². The smallest absolute Gasteiger partial charge is 0.255 e. The average molecular weight is 371 g/mol. The van der Waals surface area contributed by atoms with Crippen molar-refractivity contribution in [1.82, 2.24) is 4.98 Å². The van der Waals surface area contributed by atoms with E-state index in [4.69, 9.17) is 11.6 Å². The number of halogens is 1. The molecule has 0 bridgehead atoms. The highest BCUT2D eigenvalue weighted by Crippen LogP contribution is 2.30. The van der Waals surface area contributed by atoms with Gasteiger partial charge < -0.3 is 0 Å². The normalized spacial score (nSPS) is 11.7. The van der Waals surface area contributed by atoms with Crippen LogP contribution in [0.2, 0.25) is 5.02 Å². The van der Waals surface area contributed by atoms with Crippen molar-refractivity contribution in [3.05, 3.63) is 47.5 Å². The number of nitrogens with one attached hydrogen (secondary N) is 1. The second-order valence-corrected chi connectivity index (χ2v) is 8.44.